The van der Waals surface area contributed by atoms with Gasteiger partial charge in [0.15, 0.2) is 11.5 Å². The van der Waals surface area contributed by atoms with Crippen molar-refractivity contribution in [2.75, 3.05) is 26.1 Å². The monoisotopic (exact) mass is 429 g/mol. The van der Waals surface area contributed by atoms with Gasteiger partial charge in [0.05, 0.1) is 11.2 Å². The molecule has 1 aliphatic rings. The first-order chi connectivity index (χ1) is 14.7. The quantitative estimate of drug-likeness (QED) is 0.283. The number of aliphatic imine (C=N–C) groups is 1. The number of thioether (sulfide) groups is 1. The molecule has 0 aliphatic carbocycles. The molecule has 0 radical (unpaired) electrons. The van der Waals surface area contributed by atoms with E-state index in [1.807, 2.05) is 25.2 Å². The van der Waals surface area contributed by atoms with Gasteiger partial charge in [0, 0.05) is 43.3 Å². The number of carbonyl (C=O) groups is 2. The molecule has 0 atom stereocenters. The fourth-order valence-electron chi connectivity index (χ4n) is 2.82. The number of hydrogen-bond donors (Lipinski definition) is 1. The minimum Gasteiger partial charge on any atom is -0.463 e. The maximum Gasteiger partial charge on any atom is 0.174 e. The Balaban J connectivity index is 0.000000297. The average molecular weight is 430 g/mol. The van der Waals surface area contributed by atoms with Crippen LogP contribution in [0.2, 0.25) is 0 Å². The third-order valence-electron chi connectivity index (χ3n) is 4.32. The molecule has 0 aromatic carbocycles. The Kier molecular flexibility index (Phi) is 10.8. The lowest BCUT2D eigenvalue weighted by molar-refractivity contribution is -0.121. The average Bonchev–Trinajstić information content (AvgIpc) is 3.33. The van der Waals surface area contributed by atoms with Crippen molar-refractivity contribution in [1.29, 1.82) is 0 Å². The van der Waals surface area contributed by atoms with Crippen molar-refractivity contribution in [3.63, 3.8) is 0 Å². The van der Waals surface area contributed by atoms with Gasteiger partial charge in [0.25, 0.3) is 0 Å². The third-order valence-corrected chi connectivity index (χ3v) is 5.44. The van der Waals surface area contributed by atoms with E-state index < -0.39 is 0 Å². The van der Waals surface area contributed by atoms with Crippen LogP contribution in [0.15, 0.2) is 57.1 Å². The fraction of sp³-hybridized carbons (Fsp3) is 0.364. The number of nitrogens with zero attached hydrogens (tertiary/aromatic N) is 2. The smallest absolute Gasteiger partial charge is 0.174 e. The fourth-order valence-corrected chi connectivity index (χ4v) is 3.72. The van der Waals surface area contributed by atoms with Crippen molar-refractivity contribution in [1.82, 2.24) is 10.3 Å². The van der Waals surface area contributed by atoms with E-state index in [-0.39, 0.29) is 11.7 Å². The first-order valence-electron chi connectivity index (χ1n) is 9.69. The molecule has 1 saturated heterocycles. The van der Waals surface area contributed by atoms with Gasteiger partial charge in [-0.1, -0.05) is 6.07 Å². The first kappa shape index (κ1) is 23.7. The van der Waals surface area contributed by atoms with Crippen LogP contribution < -0.4 is 5.32 Å². The number of Topliss-reactive ketones (excluding diaryl/α,β-unsaturated/α-hetero) is 1. The highest BCUT2D eigenvalue weighted by molar-refractivity contribution is 8.04. The van der Waals surface area contributed by atoms with Gasteiger partial charge in [-0.15, -0.1) is 11.8 Å². The van der Waals surface area contributed by atoms with Crippen LogP contribution in [-0.2, 0) is 20.7 Å². The number of hydrogen-bond acceptors (Lipinski definition) is 8. The second-order valence-corrected chi connectivity index (χ2v) is 7.38. The molecule has 1 N–H and O–H groups in total. The lowest BCUT2D eigenvalue weighted by Crippen LogP contribution is -2.25. The van der Waals surface area contributed by atoms with E-state index in [1.54, 1.807) is 24.6 Å². The van der Waals surface area contributed by atoms with E-state index in [9.17, 15) is 9.59 Å². The van der Waals surface area contributed by atoms with Crippen molar-refractivity contribution in [2.24, 2.45) is 10.9 Å². The van der Waals surface area contributed by atoms with Gasteiger partial charge in [-0.2, -0.15) is 0 Å². The zero-order valence-corrected chi connectivity index (χ0v) is 17.9. The number of pyridine rings is 1. The van der Waals surface area contributed by atoms with Crippen molar-refractivity contribution in [3.05, 3.63) is 59.2 Å². The lowest BCUT2D eigenvalue weighted by Gasteiger charge is -2.22. The second kappa shape index (κ2) is 13.6. The molecule has 0 amide bonds. The zero-order valence-electron chi connectivity index (χ0n) is 17.1. The van der Waals surface area contributed by atoms with Gasteiger partial charge in [0.1, 0.15) is 12.0 Å². The van der Waals surface area contributed by atoms with Crippen LogP contribution in [0.3, 0.4) is 0 Å². The molecular weight excluding hydrogens is 402 g/mol. The number of aromatic nitrogens is 1. The van der Waals surface area contributed by atoms with E-state index in [4.69, 9.17) is 9.15 Å². The molecule has 0 unspecified atom stereocenters. The van der Waals surface area contributed by atoms with E-state index in [0.29, 0.717) is 41.9 Å². The number of ketones is 1. The highest BCUT2D eigenvalue weighted by atomic mass is 32.2. The molecule has 2 aromatic rings. The van der Waals surface area contributed by atoms with Crippen molar-refractivity contribution in [2.45, 2.75) is 19.3 Å². The molecule has 0 bridgehead atoms. The van der Waals surface area contributed by atoms with Gasteiger partial charge in [-0.05, 0) is 50.9 Å². The van der Waals surface area contributed by atoms with Gasteiger partial charge in [-0.3, -0.25) is 14.8 Å². The summed E-state index contributed by atoms with van der Waals surface area (Å²) in [5.74, 6) is 1.30. The Morgan fingerprint density at radius 1 is 1.33 bits per heavy atom. The first-order valence-corrected chi connectivity index (χ1v) is 10.7. The molecule has 3 heterocycles. The standard InChI is InChI=1S/C15H20N2O3S.C7H7NO/c1-16-10-21-15(13(17-2)12-4-3-7-20-12)14(18)11-5-8-19-9-6-11;9-6-4-7-3-1-2-5-8-7/h3-4,7,11,16H,2,5-6,8-10H2,1H3;1-3,5-6H,4H2/b15-13-;. The number of furan rings is 1. The molecule has 1 fully saturated rings. The van der Waals surface area contributed by atoms with Crippen LogP contribution in [0, 0.1) is 5.92 Å². The summed E-state index contributed by atoms with van der Waals surface area (Å²) in [6.45, 7) is 4.87. The molecule has 30 heavy (non-hydrogen) atoms. The summed E-state index contributed by atoms with van der Waals surface area (Å²) in [7, 11) is 1.84. The van der Waals surface area contributed by atoms with E-state index >= 15 is 0 Å². The Morgan fingerprint density at radius 3 is 2.70 bits per heavy atom. The van der Waals surface area contributed by atoms with Gasteiger partial charge < -0.3 is 19.3 Å². The summed E-state index contributed by atoms with van der Waals surface area (Å²) >= 11 is 1.44. The Bertz CT molecular complexity index is 816. The lowest BCUT2D eigenvalue weighted by atomic mass is 9.94. The van der Waals surface area contributed by atoms with Gasteiger partial charge in [-0.25, -0.2) is 0 Å². The number of nitrogens with one attached hydrogen (secondary N) is 1. The van der Waals surface area contributed by atoms with Gasteiger partial charge in [0.2, 0.25) is 0 Å². The van der Waals surface area contributed by atoms with Crippen molar-refractivity contribution < 1.29 is 18.7 Å². The van der Waals surface area contributed by atoms with Crippen LogP contribution in [0.1, 0.15) is 24.3 Å². The number of rotatable bonds is 9. The maximum atomic E-state index is 12.8. The van der Waals surface area contributed by atoms with Crippen LogP contribution in [0.25, 0.3) is 5.70 Å². The molecule has 160 valence electrons. The summed E-state index contributed by atoms with van der Waals surface area (Å²) in [5.41, 5.74) is 1.35. The molecule has 2 aromatic heterocycles. The van der Waals surface area contributed by atoms with Crippen LogP contribution >= 0.6 is 11.8 Å². The second-order valence-electron chi connectivity index (χ2n) is 6.40. The topological polar surface area (TPSA) is 93.8 Å². The maximum absolute atomic E-state index is 12.8. The predicted octanol–water partition coefficient (Wildman–Crippen LogP) is 3.38. The largest absolute Gasteiger partial charge is 0.463 e. The minimum atomic E-state index is -0.00943. The number of allylic oxidation sites excluding steroid dienone is 1. The molecule has 3 rings (SSSR count). The molecule has 1 aliphatic heterocycles. The SMILES string of the molecule is C=N/C(=C(\SCNC)C(=O)C1CCOCC1)c1ccco1.O=CCc1ccccn1. The molecular formula is C22H27N3O4S. The predicted molar refractivity (Wildman–Crippen MR) is 119 cm³/mol. The third kappa shape index (κ3) is 7.37. The Hall–Kier alpha value is -2.55. The molecule has 7 nitrogen and oxygen atoms in total. The summed E-state index contributed by atoms with van der Waals surface area (Å²) in [5, 5.41) is 3.04. The summed E-state index contributed by atoms with van der Waals surface area (Å²) in [6.07, 6.45) is 6.03. The van der Waals surface area contributed by atoms with Crippen molar-refractivity contribution >= 4 is 36.2 Å². The van der Waals surface area contributed by atoms with Crippen LogP contribution in [-0.4, -0.2) is 49.9 Å². The molecule has 0 spiro atoms. The van der Waals surface area contributed by atoms with Crippen LogP contribution in [0.4, 0.5) is 0 Å². The molecule has 8 heteroatoms. The van der Waals surface area contributed by atoms with Crippen LogP contribution in [0.5, 0.6) is 0 Å². The zero-order chi connectivity index (χ0) is 21.6. The highest BCUT2D eigenvalue weighted by Crippen LogP contribution is 2.32. The Morgan fingerprint density at radius 2 is 2.13 bits per heavy atom. The van der Waals surface area contributed by atoms with Crippen molar-refractivity contribution in [3.8, 4) is 0 Å². The molecule has 0 saturated carbocycles. The number of ether oxygens (including phenoxy) is 1. The Labute approximate surface area is 181 Å². The normalized spacial score (nSPS) is 14.8. The summed E-state index contributed by atoms with van der Waals surface area (Å²) in [6, 6.07) is 9.09. The summed E-state index contributed by atoms with van der Waals surface area (Å²) < 4.78 is 10.7. The minimum absolute atomic E-state index is 0.00943. The van der Waals surface area contributed by atoms with E-state index in [0.717, 1.165) is 24.8 Å². The van der Waals surface area contributed by atoms with E-state index in [1.165, 1.54) is 11.8 Å². The number of aldehydes is 1. The van der Waals surface area contributed by atoms with Gasteiger partial charge >= 0.3 is 0 Å². The number of carbonyl (C=O) groups excluding carboxylic acids is 2. The van der Waals surface area contributed by atoms with E-state index in [2.05, 4.69) is 22.0 Å². The highest BCUT2D eigenvalue weighted by Gasteiger charge is 2.28. The summed E-state index contributed by atoms with van der Waals surface area (Å²) in [4.78, 5) is 31.3.